The van der Waals surface area contributed by atoms with Crippen LogP contribution in [-0.4, -0.2) is 12.1 Å². The standard InChI is InChI=1S/C16H18BrN3O/c1-21-11-5-7-14(17)13(9-11)16(20-18)12-6-4-10-3-2-8-19-15(10)12/h2-3,5,7-9,12,16,20H,4,6,18H2,1H3. The summed E-state index contributed by atoms with van der Waals surface area (Å²) in [7, 11) is 1.67. The van der Waals surface area contributed by atoms with Crippen LogP contribution >= 0.6 is 15.9 Å². The number of nitrogens with zero attached hydrogens (tertiary/aromatic N) is 1. The van der Waals surface area contributed by atoms with Gasteiger partial charge in [-0.2, -0.15) is 0 Å². The molecule has 2 atom stereocenters. The molecule has 0 spiro atoms. The first-order chi connectivity index (χ1) is 10.2. The molecule has 2 unspecified atom stereocenters. The fourth-order valence-electron chi connectivity index (χ4n) is 3.08. The van der Waals surface area contributed by atoms with Crippen LogP contribution in [-0.2, 0) is 6.42 Å². The number of rotatable bonds is 4. The fourth-order valence-corrected chi connectivity index (χ4v) is 3.57. The van der Waals surface area contributed by atoms with Gasteiger partial charge in [-0.3, -0.25) is 16.3 Å². The first-order valence-corrected chi connectivity index (χ1v) is 7.77. The van der Waals surface area contributed by atoms with Crippen LogP contribution in [0.25, 0.3) is 0 Å². The zero-order chi connectivity index (χ0) is 14.8. The summed E-state index contributed by atoms with van der Waals surface area (Å²) < 4.78 is 6.36. The summed E-state index contributed by atoms with van der Waals surface area (Å²) in [5.74, 6) is 6.96. The van der Waals surface area contributed by atoms with Gasteiger partial charge in [0.15, 0.2) is 0 Å². The first kappa shape index (κ1) is 14.5. The summed E-state index contributed by atoms with van der Waals surface area (Å²) in [4.78, 5) is 4.57. The number of pyridine rings is 1. The Kier molecular flexibility index (Phi) is 4.24. The first-order valence-electron chi connectivity index (χ1n) is 6.98. The molecule has 21 heavy (non-hydrogen) atoms. The highest BCUT2D eigenvalue weighted by Crippen LogP contribution is 2.42. The minimum absolute atomic E-state index is 0.00521. The van der Waals surface area contributed by atoms with Crippen molar-refractivity contribution in [3.05, 3.63) is 57.8 Å². The summed E-state index contributed by atoms with van der Waals surface area (Å²) in [5.41, 5.74) is 6.53. The summed E-state index contributed by atoms with van der Waals surface area (Å²) >= 11 is 3.62. The van der Waals surface area contributed by atoms with Gasteiger partial charge in [-0.25, -0.2) is 0 Å². The molecular formula is C16H18BrN3O. The van der Waals surface area contributed by atoms with Gasteiger partial charge < -0.3 is 4.74 Å². The number of fused-ring (bicyclic) bond motifs is 1. The zero-order valence-electron chi connectivity index (χ0n) is 11.8. The van der Waals surface area contributed by atoms with E-state index in [1.807, 2.05) is 30.5 Å². The Balaban J connectivity index is 2.00. The zero-order valence-corrected chi connectivity index (χ0v) is 13.4. The molecule has 0 amide bonds. The number of halogens is 1. The molecule has 110 valence electrons. The highest BCUT2D eigenvalue weighted by atomic mass is 79.9. The minimum Gasteiger partial charge on any atom is -0.497 e. The van der Waals surface area contributed by atoms with Crippen LogP contribution in [0.2, 0.25) is 0 Å². The number of hydrazine groups is 1. The van der Waals surface area contributed by atoms with E-state index in [1.54, 1.807) is 7.11 Å². The lowest BCUT2D eigenvalue weighted by Crippen LogP contribution is -2.32. The molecule has 0 aliphatic heterocycles. The summed E-state index contributed by atoms with van der Waals surface area (Å²) in [6.45, 7) is 0. The molecule has 4 nitrogen and oxygen atoms in total. The van der Waals surface area contributed by atoms with Crippen molar-refractivity contribution in [2.75, 3.05) is 7.11 Å². The lowest BCUT2D eigenvalue weighted by atomic mass is 9.91. The molecule has 1 aromatic carbocycles. The second-order valence-electron chi connectivity index (χ2n) is 5.22. The lowest BCUT2D eigenvalue weighted by molar-refractivity contribution is 0.408. The van der Waals surface area contributed by atoms with Crippen LogP contribution < -0.4 is 16.0 Å². The van der Waals surface area contributed by atoms with E-state index in [0.29, 0.717) is 0 Å². The van der Waals surface area contributed by atoms with Gasteiger partial charge in [-0.05, 0) is 48.2 Å². The normalized spacial score (nSPS) is 18.3. The predicted molar refractivity (Wildman–Crippen MR) is 86.1 cm³/mol. The monoisotopic (exact) mass is 347 g/mol. The van der Waals surface area contributed by atoms with Crippen molar-refractivity contribution in [2.24, 2.45) is 5.84 Å². The van der Waals surface area contributed by atoms with Gasteiger partial charge in [-0.15, -0.1) is 0 Å². The third-order valence-electron chi connectivity index (χ3n) is 4.12. The molecule has 0 radical (unpaired) electrons. The SMILES string of the molecule is COc1ccc(Br)c(C(NN)C2CCc3cccnc32)c1. The molecule has 0 saturated carbocycles. The molecule has 0 fully saturated rings. The average molecular weight is 348 g/mol. The summed E-state index contributed by atoms with van der Waals surface area (Å²) in [6.07, 6.45) is 3.95. The molecule has 1 aliphatic rings. The van der Waals surface area contributed by atoms with E-state index in [9.17, 15) is 0 Å². The average Bonchev–Trinajstić information content (AvgIpc) is 2.94. The second-order valence-corrected chi connectivity index (χ2v) is 6.08. The van der Waals surface area contributed by atoms with Crippen LogP contribution in [0.4, 0.5) is 0 Å². The maximum atomic E-state index is 5.86. The number of aryl methyl sites for hydroxylation is 1. The Labute approximate surface area is 132 Å². The lowest BCUT2D eigenvalue weighted by Gasteiger charge is -2.25. The number of aromatic nitrogens is 1. The van der Waals surface area contributed by atoms with E-state index >= 15 is 0 Å². The molecule has 1 aromatic heterocycles. The van der Waals surface area contributed by atoms with Crippen molar-refractivity contribution >= 4 is 15.9 Å². The van der Waals surface area contributed by atoms with Crippen LogP contribution in [0.3, 0.4) is 0 Å². The number of benzene rings is 1. The molecule has 3 rings (SSSR count). The Hall–Kier alpha value is -1.43. The minimum atomic E-state index is 0.00521. The van der Waals surface area contributed by atoms with Crippen LogP contribution in [0, 0.1) is 0 Å². The molecule has 1 heterocycles. The van der Waals surface area contributed by atoms with Gasteiger partial charge >= 0.3 is 0 Å². The number of methoxy groups -OCH3 is 1. The van der Waals surface area contributed by atoms with Crippen LogP contribution in [0.1, 0.15) is 35.2 Å². The number of nitrogens with two attached hydrogens (primary N) is 1. The predicted octanol–water partition coefficient (Wildman–Crippen LogP) is 3.09. The maximum absolute atomic E-state index is 5.86. The molecule has 0 bridgehead atoms. The van der Waals surface area contributed by atoms with Crippen molar-refractivity contribution in [3.8, 4) is 5.75 Å². The second kappa shape index (κ2) is 6.13. The van der Waals surface area contributed by atoms with Crippen LogP contribution in [0.5, 0.6) is 5.75 Å². The van der Waals surface area contributed by atoms with E-state index in [1.165, 1.54) is 5.56 Å². The van der Waals surface area contributed by atoms with Crippen molar-refractivity contribution in [2.45, 2.75) is 24.8 Å². The van der Waals surface area contributed by atoms with E-state index < -0.39 is 0 Å². The Morgan fingerprint density at radius 2 is 2.29 bits per heavy atom. The number of hydrogen-bond donors (Lipinski definition) is 2. The third-order valence-corrected chi connectivity index (χ3v) is 4.84. The highest BCUT2D eigenvalue weighted by Gasteiger charge is 2.32. The molecular weight excluding hydrogens is 330 g/mol. The largest absolute Gasteiger partial charge is 0.497 e. The van der Waals surface area contributed by atoms with Gasteiger partial charge in [0.05, 0.1) is 13.2 Å². The summed E-state index contributed by atoms with van der Waals surface area (Å²) in [6, 6.07) is 10.1. The van der Waals surface area contributed by atoms with E-state index in [-0.39, 0.29) is 12.0 Å². The van der Waals surface area contributed by atoms with E-state index in [0.717, 1.165) is 34.3 Å². The quantitative estimate of drug-likeness (QED) is 0.659. The number of hydrogen-bond acceptors (Lipinski definition) is 4. The van der Waals surface area contributed by atoms with E-state index in [2.05, 4.69) is 32.4 Å². The van der Waals surface area contributed by atoms with Crippen molar-refractivity contribution in [3.63, 3.8) is 0 Å². The molecule has 5 heteroatoms. The van der Waals surface area contributed by atoms with Crippen molar-refractivity contribution < 1.29 is 4.74 Å². The Morgan fingerprint density at radius 3 is 3.05 bits per heavy atom. The van der Waals surface area contributed by atoms with Gasteiger partial charge in [0, 0.05) is 22.3 Å². The van der Waals surface area contributed by atoms with Gasteiger partial charge in [0.2, 0.25) is 0 Å². The molecule has 0 saturated heterocycles. The summed E-state index contributed by atoms with van der Waals surface area (Å²) in [5, 5.41) is 0. The molecule has 3 N–H and O–H groups in total. The molecule has 1 aliphatic carbocycles. The highest BCUT2D eigenvalue weighted by molar-refractivity contribution is 9.10. The molecule has 2 aromatic rings. The topological polar surface area (TPSA) is 60.2 Å². The number of ether oxygens (including phenoxy) is 1. The smallest absolute Gasteiger partial charge is 0.119 e. The Bertz CT molecular complexity index is 647. The van der Waals surface area contributed by atoms with E-state index in [4.69, 9.17) is 10.6 Å². The van der Waals surface area contributed by atoms with Crippen molar-refractivity contribution in [1.29, 1.82) is 0 Å². The number of nitrogens with one attached hydrogen (secondary N) is 1. The third kappa shape index (κ3) is 2.69. The van der Waals surface area contributed by atoms with Gasteiger partial charge in [0.1, 0.15) is 5.75 Å². The van der Waals surface area contributed by atoms with Crippen molar-refractivity contribution in [1.82, 2.24) is 10.4 Å². The van der Waals surface area contributed by atoms with Gasteiger partial charge in [0.25, 0.3) is 0 Å². The van der Waals surface area contributed by atoms with Crippen LogP contribution in [0.15, 0.2) is 41.0 Å². The van der Waals surface area contributed by atoms with Gasteiger partial charge in [-0.1, -0.05) is 22.0 Å². The Morgan fingerprint density at radius 1 is 1.43 bits per heavy atom. The maximum Gasteiger partial charge on any atom is 0.119 e. The fraction of sp³-hybridized carbons (Fsp3) is 0.312.